The molecule has 4 aromatic rings. The van der Waals surface area contributed by atoms with Crippen LogP contribution in [-0.4, -0.2) is 15.9 Å². The topological polar surface area (TPSA) is 72.0 Å². The third kappa shape index (κ3) is 4.33. The highest BCUT2D eigenvalue weighted by Crippen LogP contribution is 2.28. The number of hydrogen-bond donors (Lipinski definition) is 1. The second-order valence-corrected chi connectivity index (χ2v) is 7.56. The highest BCUT2D eigenvalue weighted by molar-refractivity contribution is 7.16. The summed E-state index contributed by atoms with van der Waals surface area (Å²) in [6.07, 6.45) is 2.44. The highest BCUT2D eigenvalue weighted by Gasteiger charge is 2.14. The van der Waals surface area contributed by atoms with Crippen LogP contribution in [0.15, 0.2) is 77.6 Å². The molecule has 0 spiro atoms. The number of nitrogens with one attached hydrogen (secondary N) is 1. The summed E-state index contributed by atoms with van der Waals surface area (Å²) in [7, 11) is 0. The third-order valence-electron chi connectivity index (χ3n) is 4.38. The molecule has 0 fully saturated rings. The van der Waals surface area contributed by atoms with Crippen LogP contribution in [0.25, 0.3) is 27.4 Å². The first-order valence-electron chi connectivity index (χ1n) is 9.13. The van der Waals surface area contributed by atoms with Gasteiger partial charge in [0.1, 0.15) is 0 Å². The minimum absolute atomic E-state index is 0.254. The molecular weight excluding hydrogens is 384 g/mol. The molecule has 0 saturated carbocycles. The van der Waals surface area contributed by atoms with Gasteiger partial charge in [0.25, 0.3) is 5.56 Å². The molecule has 6 heteroatoms. The minimum atomic E-state index is -0.673. The average Bonchev–Trinajstić information content (AvgIpc) is 3.22. The van der Waals surface area contributed by atoms with E-state index in [1.54, 1.807) is 42.5 Å². The zero-order valence-electron chi connectivity index (χ0n) is 15.7. The smallest absolute Gasteiger partial charge is 0.331 e. The molecule has 0 unspecified atom stereocenters. The second-order valence-electron chi connectivity index (χ2n) is 6.45. The van der Waals surface area contributed by atoms with Crippen LogP contribution < -0.4 is 5.56 Å². The molecular formula is C23H18N2O3S. The van der Waals surface area contributed by atoms with Crippen LogP contribution in [0.3, 0.4) is 0 Å². The molecule has 0 amide bonds. The summed E-state index contributed by atoms with van der Waals surface area (Å²) in [4.78, 5) is 33.5. The first kappa shape index (κ1) is 18.8. The first-order chi connectivity index (χ1) is 14.1. The zero-order valence-corrected chi connectivity index (χ0v) is 16.5. The summed E-state index contributed by atoms with van der Waals surface area (Å²) in [6.45, 7) is 1.68. The Morgan fingerprint density at radius 3 is 2.66 bits per heavy atom. The summed E-state index contributed by atoms with van der Waals surface area (Å²) in [5.41, 5.74) is 1.45. The number of carbonyl (C=O) groups is 1. The summed E-state index contributed by atoms with van der Waals surface area (Å²) < 4.78 is 5.40. The van der Waals surface area contributed by atoms with Crippen molar-refractivity contribution in [1.82, 2.24) is 9.97 Å². The predicted octanol–water partition coefficient (Wildman–Crippen LogP) is 4.97. The van der Waals surface area contributed by atoms with Gasteiger partial charge in [0.15, 0.2) is 11.9 Å². The Morgan fingerprint density at radius 1 is 1.07 bits per heavy atom. The number of fused-ring (bicyclic) bond motifs is 1. The number of hydrogen-bond acceptors (Lipinski definition) is 5. The number of carbonyl (C=O) groups excluding carboxylic acids is 1. The Kier molecular flexibility index (Phi) is 5.35. The molecule has 5 nitrogen and oxygen atoms in total. The van der Waals surface area contributed by atoms with Crippen molar-refractivity contribution in [3.8, 4) is 10.4 Å². The number of esters is 1. The maximum absolute atomic E-state index is 12.2. The number of ether oxygens (including phenoxy) is 1. The van der Waals surface area contributed by atoms with Crippen molar-refractivity contribution in [2.24, 2.45) is 0 Å². The van der Waals surface area contributed by atoms with Gasteiger partial charge in [-0.05, 0) is 42.8 Å². The van der Waals surface area contributed by atoms with Crippen LogP contribution in [0.1, 0.15) is 23.7 Å². The van der Waals surface area contributed by atoms with E-state index in [2.05, 4.69) is 9.97 Å². The van der Waals surface area contributed by atoms with Gasteiger partial charge in [-0.15, -0.1) is 11.3 Å². The van der Waals surface area contributed by atoms with E-state index in [-0.39, 0.29) is 5.56 Å². The minimum Gasteiger partial charge on any atom is -0.451 e. The number of benzene rings is 2. The van der Waals surface area contributed by atoms with E-state index in [0.717, 1.165) is 15.3 Å². The molecule has 0 bridgehead atoms. The van der Waals surface area contributed by atoms with E-state index in [1.807, 2.05) is 48.5 Å². The van der Waals surface area contributed by atoms with Gasteiger partial charge in [-0.3, -0.25) is 4.79 Å². The maximum Gasteiger partial charge on any atom is 0.331 e. The SMILES string of the molecule is C[C@@H](OC(=O)/C=C/c1ccc(-c2ccccc2)s1)c1nc2ccccc2c(=O)[nH]1. The molecule has 0 saturated heterocycles. The zero-order chi connectivity index (χ0) is 20.2. The Labute approximate surface area is 171 Å². The van der Waals surface area contributed by atoms with E-state index in [0.29, 0.717) is 16.7 Å². The lowest BCUT2D eigenvalue weighted by atomic mass is 10.2. The van der Waals surface area contributed by atoms with Gasteiger partial charge >= 0.3 is 5.97 Å². The lowest BCUT2D eigenvalue weighted by Crippen LogP contribution is -2.16. The predicted molar refractivity (Wildman–Crippen MR) is 116 cm³/mol. The Morgan fingerprint density at radius 2 is 1.83 bits per heavy atom. The number of thiophene rings is 1. The van der Waals surface area contributed by atoms with Gasteiger partial charge in [0.2, 0.25) is 0 Å². The largest absolute Gasteiger partial charge is 0.451 e. The summed E-state index contributed by atoms with van der Waals surface area (Å²) in [6, 6.07) is 21.1. The van der Waals surface area contributed by atoms with E-state index >= 15 is 0 Å². The van der Waals surface area contributed by atoms with Crippen molar-refractivity contribution in [2.45, 2.75) is 13.0 Å². The van der Waals surface area contributed by atoms with Crippen molar-refractivity contribution in [2.75, 3.05) is 0 Å². The number of para-hydroxylation sites is 1. The van der Waals surface area contributed by atoms with Crippen LogP contribution in [0.5, 0.6) is 0 Å². The van der Waals surface area contributed by atoms with E-state index in [9.17, 15) is 9.59 Å². The molecule has 0 aliphatic heterocycles. The fourth-order valence-electron chi connectivity index (χ4n) is 2.92. The van der Waals surface area contributed by atoms with Crippen LogP contribution >= 0.6 is 11.3 Å². The first-order valence-corrected chi connectivity index (χ1v) is 9.95. The maximum atomic E-state index is 12.2. The van der Waals surface area contributed by atoms with Crippen LogP contribution in [0.4, 0.5) is 0 Å². The molecule has 4 rings (SSSR count). The van der Waals surface area contributed by atoms with Gasteiger partial charge < -0.3 is 9.72 Å². The van der Waals surface area contributed by atoms with Crippen LogP contribution in [0.2, 0.25) is 0 Å². The lowest BCUT2D eigenvalue weighted by molar-refractivity contribution is -0.142. The molecule has 2 aromatic carbocycles. The Bertz CT molecular complexity index is 1240. The molecule has 0 aliphatic rings. The van der Waals surface area contributed by atoms with Crippen LogP contribution in [0, 0.1) is 0 Å². The summed E-state index contributed by atoms with van der Waals surface area (Å²) in [5, 5.41) is 0.501. The van der Waals surface area contributed by atoms with Crippen molar-refractivity contribution in [1.29, 1.82) is 0 Å². The molecule has 2 heterocycles. The number of aromatic amines is 1. The number of H-pyrrole nitrogens is 1. The van der Waals surface area contributed by atoms with Gasteiger partial charge in [-0.1, -0.05) is 42.5 Å². The number of nitrogens with zero attached hydrogens (tertiary/aromatic N) is 1. The fraction of sp³-hybridized carbons (Fsp3) is 0.0870. The summed E-state index contributed by atoms with van der Waals surface area (Å²) in [5.74, 6) is -0.180. The van der Waals surface area contributed by atoms with Crippen molar-refractivity contribution < 1.29 is 9.53 Å². The molecule has 0 radical (unpaired) electrons. The lowest BCUT2D eigenvalue weighted by Gasteiger charge is -2.11. The van der Waals surface area contributed by atoms with Gasteiger partial charge in [-0.2, -0.15) is 0 Å². The van der Waals surface area contributed by atoms with E-state index in [1.165, 1.54) is 6.08 Å². The fourth-order valence-corrected chi connectivity index (χ4v) is 3.83. The van der Waals surface area contributed by atoms with E-state index < -0.39 is 12.1 Å². The van der Waals surface area contributed by atoms with Crippen molar-refractivity contribution >= 4 is 34.3 Å². The number of rotatable bonds is 5. The Hall–Kier alpha value is -3.51. The van der Waals surface area contributed by atoms with Crippen molar-refractivity contribution in [3.63, 3.8) is 0 Å². The number of aromatic nitrogens is 2. The molecule has 0 aliphatic carbocycles. The molecule has 2 aromatic heterocycles. The molecule has 29 heavy (non-hydrogen) atoms. The second kappa shape index (κ2) is 8.24. The molecule has 1 N–H and O–H groups in total. The normalized spacial score (nSPS) is 12.3. The van der Waals surface area contributed by atoms with E-state index in [4.69, 9.17) is 4.74 Å². The monoisotopic (exact) mass is 402 g/mol. The highest BCUT2D eigenvalue weighted by atomic mass is 32.1. The van der Waals surface area contributed by atoms with Gasteiger partial charge in [0.05, 0.1) is 10.9 Å². The van der Waals surface area contributed by atoms with Gasteiger partial charge in [0, 0.05) is 15.8 Å². The molecule has 1 atom stereocenters. The Balaban J connectivity index is 1.44. The quantitative estimate of drug-likeness (QED) is 0.378. The van der Waals surface area contributed by atoms with Crippen molar-refractivity contribution in [3.05, 3.63) is 93.9 Å². The standard InChI is InChI=1S/C23H18N2O3S/c1-15(22-24-19-10-6-5-9-18(19)23(27)25-22)28-21(26)14-12-17-11-13-20(29-17)16-7-3-2-4-8-16/h2-15H,1H3,(H,24,25,27)/b14-12+/t15-/m1/s1. The average molecular weight is 402 g/mol. The molecule has 144 valence electrons. The third-order valence-corrected chi connectivity index (χ3v) is 5.48. The van der Waals surface area contributed by atoms with Gasteiger partial charge in [-0.25, -0.2) is 9.78 Å². The summed E-state index contributed by atoms with van der Waals surface area (Å²) >= 11 is 1.59. The van der Waals surface area contributed by atoms with Crippen LogP contribution in [-0.2, 0) is 9.53 Å².